The number of amides is 2. The first kappa shape index (κ1) is 19.0. The van der Waals surface area contributed by atoms with Crippen LogP contribution in [0.4, 0.5) is 5.69 Å². The van der Waals surface area contributed by atoms with Crippen molar-refractivity contribution in [3.05, 3.63) is 59.9 Å². The molecule has 0 saturated carbocycles. The summed E-state index contributed by atoms with van der Waals surface area (Å²) in [6.45, 7) is 2.92. The molecule has 6 heteroatoms. The van der Waals surface area contributed by atoms with Crippen LogP contribution in [0.15, 0.2) is 48.8 Å². The Kier molecular flexibility index (Phi) is 6.54. The van der Waals surface area contributed by atoms with E-state index in [1.807, 2.05) is 30.5 Å². The van der Waals surface area contributed by atoms with Crippen molar-refractivity contribution >= 4 is 17.5 Å². The number of nitrogens with zero attached hydrogens (tertiary/aromatic N) is 1. The summed E-state index contributed by atoms with van der Waals surface area (Å²) >= 11 is 0. The molecule has 1 fully saturated rings. The van der Waals surface area contributed by atoms with Crippen LogP contribution in [0.1, 0.15) is 36.9 Å². The molecule has 6 nitrogen and oxygen atoms in total. The zero-order chi connectivity index (χ0) is 19.1. The van der Waals surface area contributed by atoms with Crippen LogP contribution < -0.4 is 10.6 Å². The SMILES string of the molecule is CC(=O)Nc1ccc(CC(=O)N[C@@H](c2cccnc2)C2CCOCC2)cc1. The Bertz CT molecular complexity index is 756. The van der Waals surface area contributed by atoms with Gasteiger partial charge in [0.25, 0.3) is 0 Å². The Morgan fingerprint density at radius 3 is 2.56 bits per heavy atom. The molecule has 1 aliphatic rings. The van der Waals surface area contributed by atoms with Crippen LogP contribution in [0, 0.1) is 5.92 Å². The van der Waals surface area contributed by atoms with Crippen molar-refractivity contribution in [2.75, 3.05) is 18.5 Å². The molecule has 1 aromatic carbocycles. The van der Waals surface area contributed by atoms with E-state index in [4.69, 9.17) is 4.74 Å². The van der Waals surface area contributed by atoms with Crippen LogP contribution in [0.25, 0.3) is 0 Å². The third-order valence-electron chi connectivity index (χ3n) is 4.74. The molecule has 142 valence electrons. The van der Waals surface area contributed by atoms with Crippen LogP contribution in [-0.2, 0) is 20.7 Å². The van der Waals surface area contributed by atoms with Crippen LogP contribution >= 0.6 is 0 Å². The highest BCUT2D eigenvalue weighted by molar-refractivity contribution is 5.88. The first-order valence-corrected chi connectivity index (χ1v) is 9.25. The topological polar surface area (TPSA) is 80.3 Å². The number of rotatable bonds is 6. The predicted octanol–water partition coefficient (Wildman–Crippen LogP) is 2.87. The van der Waals surface area contributed by atoms with E-state index in [-0.39, 0.29) is 17.9 Å². The fraction of sp³-hybridized carbons (Fsp3) is 0.381. The minimum absolute atomic E-state index is 0.0254. The van der Waals surface area contributed by atoms with E-state index < -0.39 is 0 Å². The van der Waals surface area contributed by atoms with E-state index in [0.717, 1.165) is 42.9 Å². The van der Waals surface area contributed by atoms with Crippen LogP contribution in [-0.4, -0.2) is 30.0 Å². The number of carbonyl (C=O) groups is 2. The second-order valence-corrected chi connectivity index (χ2v) is 6.84. The summed E-state index contributed by atoms with van der Waals surface area (Å²) in [6.07, 6.45) is 5.70. The van der Waals surface area contributed by atoms with Gasteiger partial charge >= 0.3 is 0 Å². The van der Waals surface area contributed by atoms with E-state index >= 15 is 0 Å². The molecule has 0 radical (unpaired) electrons. The van der Waals surface area contributed by atoms with Crippen LogP contribution in [0.3, 0.4) is 0 Å². The van der Waals surface area contributed by atoms with Crippen molar-refractivity contribution in [2.24, 2.45) is 5.92 Å². The zero-order valence-corrected chi connectivity index (χ0v) is 15.5. The summed E-state index contributed by atoms with van der Waals surface area (Å²) in [5, 5.41) is 5.92. The maximum absolute atomic E-state index is 12.7. The summed E-state index contributed by atoms with van der Waals surface area (Å²) < 4.78 is 5.47. The van der Waals surface area contributed by atoms with E-state index in [1.165, 1.54) is 6.92 Å². The van der Waals surface area contributed by atoms with Crippen molar-refractivity contribution in [1.82, 2.24) is 10.3 Å². The Morgan fingerprint density at radius 1 is 1.19 bits per heavy atom. The summed E-state index contributed by atoms with van der Waals surface area (Å²) in [5.41, 5.74) is 2.65. The number of pyridine rings is 1. The largest absolute Gasteiger partial charge is 0.381 e. The van der Waals surface area contributed by atoms with Gasteiger partial charge < -0.3 is 15.4 Å². The minimum atomic E-state index is -0.115. The molecule has 0 spiro atoms. The van der Waals surface area contributed by atoms with E-state index in [0.29, 0.717) is 12.3 Å². The number of aromatic nitrogens is 1. The molecular weight excluding hydrogens is 342 g/mol. The monoisotopic (exact) mass is 367 g/mol. The van der Waals surface area contributed by atoms with Crippen molar-refractivity contribution in [3.63, 3.8) is 0 Å². The molecule has 1 saturated heterocycles. The molecule has 0 unspecified atom stereocenters. The number of anilines is 1. The van der Waals surface area contributed by atoms with Gasteiger partial charge in [0.15, 0.2) is 0 Å². The normalized spacial score (nSPS) is 15.7. The molecule has 0 aliphatic carbocycles. The molecule has 1 atom stereocenters. The second kappa shape index (κ2) is 9.28. The Morgan fingerprint density at radius 2 is 1.93 bits per heavy atom. The molecule has 2 heterocycles. The molecule has 2 N–H and O–H groups in total. The van der Waals surface area contributed by atoms with Gasteiger partial charge in [-0.1, -0.05) is 18.2 Å². The van der Waals surface area contributed by atoms with Crippen LogP contribution in [0.2, 0.25) is 0 Å². The third-order valence-corrected chi connectivity index (χ3v) is 4.74. The standard InChI is InChI=1S/C21H25N3O3/c1-15(25)23-19-6-4-16(5-7-19)13-20(26)24-21(17-8-11-27-12-9-17)18-3-2-10-22-14-18/h2-7,10,14,17,21H,8-9,11-13H2,1H3,(H,23,25)(H,24,26)/t21-/m1/s1. The van der Waals surface area contributed by atoms with Gasteiger partial charge in [0.2, 0.25) is 11.8 Å². The number of hydrogen-bond donors (Lipinski definition) is 2. The number of nitrogens with one attached hydrogen (secondary N) is 2. The quantitative estimate of drug-likeness (QED) is 0.823. The molecule has 3 rings (SSSR count). The minimum Gasteiger partial charge on any atom is -0.381 e. The number of carbonyl (C=O) groups excluding carboxylic acids is 2. The van der Waals surface area contributed by atoms with Gasteiger partial charge in [0.05, 0.1) is 12.5 Å². The first-order chi connectivity index (χ1) is 13.1. The van der Waals surface area contributed by atoms with Gasteiger partial charge in [-0.05, 0) is 48.1 Å². The number of hydrogen-bond acceptors (Lipinski definition) is 4. The zero-order valence-electron chi connectivity index (χ0n) is 15.5. The summed E-state index contributed by atoms with van der Waals surface area (Å²) in [4.78, 5) is 28.0. The van der Waals surface area contributed by atoms with E-state index in [1.54, 1.807) is 18.3 Å². The lowest BCUT2D eigenvalue weighted by Gasteiger charge is -2.31. The lowest BCUT2D eigenvalue weighted by molar-refractivity contribution is -0.122. The maximum Gasteiger partial charge on any atom is 0.224 e. The van der Waals surface area contributed by atoms with Gasteiger partial charge in [-0.3, -0.25) is 14.6 Å². The Labute approximate surface area is 159 Å². The Balaban J connectivity index is 1.66. The fourth-order valence-electron chi connectivity index (χ4n) is 3.40. The molecule has 27 heavy (non-hydrogen) atoms. The van der Waals surface area contributed by atoms with Gasteiger partial charge in [0, 0.05) is 38.2 Å². The van der Waals surface area contributed by atoms with Crippen molar-refractivity contribution in [2.45, 2.75) is 32.2 Å². The molecule has 2 amide bonds. The van der Waals surface area contributed by atoms with Gasteiger partial charge in [-0.15, -0.1) is 0 Å². The van der Waals surface area contributed by atoms with Gasteiger partial charge in [0.1, 0.15) is 0 Å². The van der Waals surface area contributed by atoms with Crippen molar-refractivity contribution in [1.29, 1.82) is 0 Å². The summed E-state index contributed by atoms with van der Waals surface area (Å²) in [7, 11) is 0. The molecular formula is C21H25N3O3. The lowest BCUT2D eigenvalue weighted by Crippen LogP contribution is -2.36. The molecule has 2 aromatic rings. The fourth-order valence-corrected chi connectivity index (χ4v) is 3.40. The summed E-state index contributed by atoms with van der Waals surface area (Å²) in [5.74, 6) is 0.202. The number of ether oxygens (including phenoxy) is 1. The molecule has 1 aromatic heterocycles. The molecule has 0 bridgehead atoms. The third kappa shape index (κ3) is 5.62. The summed E-state index contributed by atoms with van der Waals surface area (Å²) in [6, 6.07) is 11.2. The highest BCUT2D eigenvalue weighted by Gasteiger charge is 2.27. The highest BCUT2D eigenvalue weighted by atomic mass is 16.5. The first-order valence-electron chi connectivity index (χ1n) is 9.25. The average Bonchev–Trinajstić information content (AvgIpc) is 2.69. The van der Waals surface area contributed by atoms with Gasteiger partial charge in [-0.2, -0.15) is 0 Å². The molecule has 1 aliphatic heterocycles. The highest BCUT2D eigenvalue weighted by Crippen LogP contribution is 2.29. The number of benzene rings is 1. The predicted molar refractivity (Wildman–Crippen MR) is 103 cm³/mol. The van der Waals surface area contributed by atoms with Crippen LogP contribution in [0.5, 0.6) is 0 Å². The maximum atomic E-state index is 12.7. The van der Waals surface area contributed by atoms with E-state index in [2.05, 4.69) is 15.6 Å². The van der Waals surface area contributed by atoms with Crippen molar-refractivity contribution < 1.29 is 14.3 Å². The Hall–Kier alpha value is -2.73. The smallest absolute Gasteiger partial charge is 0.224 e. The van der Waals surface area contributed by atoms with E-state index in [9.17, 15) is 9.59 Å². The second-order valence-electron chi connectivity index (χ2n) is 6.84. The van der Waals surface area contributed by atoms with Crippen molar-refractivity contribution in [3.8, 4) is 0 Å². The van der Waals surface area contributed by atoms with Gasteiger partial charge in [-0.25, -0.2) is 0 Å². The average molecular weight is 367 g/mol. The lowest BCUT2D eigenvalue weighted by atomic mass is 9.87.